The molecular weight excluding hydrogens is 621 g/mol. The number of benzene rings is 1. The van der Waals surface area contributed by atoms with Gasteiger partial charge in [-0.15, -0.1) is 0 Å². The number of aryl methyl sites for hydroxylation is 1. The number of hydrogen-bond acceptors (Lipinski definition) is 7. The fraction of sp³-hybridized carbons (Fsp3) is 0.364. The Balaban J connectivity index is 1.69. The highest BCUT2D eigenvalue weighted by atomic mass is 35.5. The number of piperazine rings is 1. The molecule has 4 aromatic rings. The van der Waals surface area contributed by atoms with E-state index in [1.54, 1.807) is 17.0 Å². The predicted molar refractivity (Wildman–Crippen MR) is 170 cm³/mol. The van der Waals surface area contributed by atoms with Crippen LogP contribution in [0.5, 0.6) is 5.75 Å². The molecule has 6 rings (SSSR count). The number of fused-ring (bicyclic) bond motifs is 5. The Hall–Kier alpha value is -4.45. The Kier molecular flexibility index (Phi) is 8.26. The Morgan fingerprint density at radius 2 is 2.00 bits per heavy atom. The van der Waals surface area contributed by atoms with Crippen LogP contribution in [0.2, 0.25) is 5.02 Å². The van der Waals surface area contributed by atoms with Crippen LogP contribution in [0.15, 0.2) is 54.0 Å². The lowest BCUT2D eigenvalue weighted by molar-refractivity contribution is -0.126. The minimum Gasteiger partial charge on any atom is -0.486 e. The third kappa shape index (κ3) is 5.59. The van der Waals surface area contributed by atoms with Gasteiger partial charge in [-0.05, 0) is 55.2 Å². The summed E-state index contributed by atoms with van der Waals surface area (Å²) in [4.78, 5) is 44.0. The SMILES string of the molecule is C=CC(=O)N1CCN(c2nc(=O)n3c4nc(c(Cl)cc24)-c2c(F)cccc2OCC(F)(F)CCc2ccnc(C(C)C)c2-3)[C@@H](C)C1. The van der Waals surface area contributed by atoms with E-state index in [4.69, 9.17) is 21.3 Å². The van der Waals surface area contributed by atoms with Gasteiger partial charge in [-0.25, -0.2) is 27.5 Å². The summed E-state index contributed by atoms with van der Waals surface area (Å²) in [6, 6.07) is 6.79. The average Bonchev–Trinajstić information content (AvgIpc) is 3.02. The maximum absolute atomic E-state index is 15.5. The van der Waals surface area contributed by atoms with Gasteiger partial charge in [-0.2, -0.15) is 4.98 Å². The number of ether oxygens (including phenoxy) is 1. The summed E-state index contributed by atoms with van der Waals surface area (Å²) in [5.41, 5.74) is 0.322. The first kappa shape index (κ1) is 31.5. The van der Waals surface area contributed by atoms with E-state index >= 15 is 13.2 Å². The number of rotatable bonds is 3. The summed E-state index contributed by atoms with van der Waals surface area (Å²) in [7, 11) is 0. The van der Waals surface area contributed by atoms with Crippen LogP contribution in [0.4, 0.5) is 19.0 Å². The van der Waals surface area contributed by atoms with Gasteiger partial charge >= 0.3 is 5.69 Å². The summed E-state index contributed by atoms with van der Waals surface area (Å²) in [6.45, 7) is 9.30. The fourth-order valence-corrected chi connectivity index (χ4v) is 6.37. The van der Waals surface area contributed by atoms with Crippen LogP contribution >= 0.6 is 11.6 Å². The first-order chi connectivity index (χ1) is 21.9. The number of anilines is 1. The molecule has 0 aliphatic carbocycles. The molecule has 2 aliphatic heterocycles. The number of halogens is 4. The molecule has 9 nitrogen and oxygen atoms in total. The highest BCUT2D eigenvalue weighted by Gasteiger charge is 2.34. The van der Waals surface area contributed by atoms with E-state index in [0.29, 0.717) is 42.0 Å². The molecular formula is C33H32ClF3N6O3. The third-order valence-electron chi connectivity index (χ3n) is 8.40. The van der Waals surface area contributed by atoms with Gasteiger partial charge in [0.05, 0.1) is 33.0 Å². The van der Waals surface area contributed by atoms with E-state index in [1.165, 1.54) is 29.0 Å². The standard InChI is InChI=1S/C33H32ClF3N6O3/c1-5-25(44)41-13-14-42(19(4)16-41)30-21-15-22(34)28-26-23(35)7-6-8-24(26)46-17-33(36,37)11-9-20-10-12-38-27(18(2)3)29(20)43(31(21)39-28)32(45)40-30/h5-8,10,12,15,18-19H,1,9,11,13-14,16-17H2,2-4H3/t19-/m0/s1. The van der Waals surface area contributed by atoms with E-state index in [1.807, 2.05) is 25.7 Å². The first-order valence-corrected chi connectivity index (χ1v) is 15.4. The monoisotopic (exact) mass is 652 g/mol. The van der Waals surface area contributed by atoms with E-state index in [9.17, 15) is 9.59 Å². The topological polar surface area (TPSA) is 93.5 Å². The van der Waals surface area contributed by atoms with Gasteiger partial charge in [0.1, 0.15) is 17.4 Å². The van der Waals surface area contributed by atoms with Crippen molar-refractivity contribution in [1.29, 1.82) is 0 Å². The minimum absolute atomic E-state index is 0.000878. The molecule has 3 aromatic heterocycles. The van der Waals surface area contributed by atoms with Gasteiger partial charge in [-0.3, -0.25) is 9.78 Å². The largest absolute Gasteiger partial charge is 0.486 e. The van der Waals surface area contributed by atoms with Crippen molar-refractivity contribution in [3.8, 4) is 22.7 Å². The summed E-state index contributed by atoms with van der Waals surface area (Å²) >= 11 is 6.82. The minimum atomic E-state index is -3.29. The van der Waals surface area contributed by atoms with Crippen molar-refractivity contribution in [3.63, 3.8) is 0 Å². The van der Waals surface area contributed by atoms with Crippen LogP contribution < -0.4 is 15.3 Å². The first-order valence-electron chi connectivity index (χ1n) is 15.0. The molecule has 13 heteroatoms. The summed E-state index contributed by atoms with van der Waals surface area (Å²) in [5.74, 6) is -4.36. The van der Waals surface area contributed by atoms with Crippen molar-refractivity contribution in [1.82, 2.24) is 24.4 Å². The summed E-state index contributed by atoms with van der Waals surface area (Å²) in [6.07, 6.45) is 2.07. The Bertz CT molecular complexity index is 1930. The van der Waals surface area contributed by atoms with Crippen LogP contribution in [0.25, 0.3) is 28.0 Å². The van der Waals surface area contributed by atoms with Crippen LogP contribution in [0.3, 0.4) is 0 Å². The molecule has 0 unspecified atom stereocenters. The molecule has 1 atom stereocenters. The molecule has 0 spiro atoms. The molecule has 0 N–H and O–H groups in total. The number of carbonyl (C=O) groups is 1. The zero-order chi connectivity index (χ0) is 32.9. The molecule has 240 valence electrons. The second kappa shape index (κ2) is 12.1. The molecule has 5 heterocycles. The summed E-state index contributed by atoms with van der Waals surface area (Å²) < 4.78 is 52.9. The fourth-order valence-electron chi connectivity index (χ4n) is 6.12. The summed E-state index contributed by atoms with van der Waals surface area (Å²) in [5, 5.41) is 0.383. The van der Waals surface area contributed by atoms with Gasteiger partial charge < -0.3 is 14.5 Å². The number of nitrogens with zero attached hydrogens (tertiary/aromatic N) is 6. The molecule has 0 saturated carbocycles. The Labute approximate surface area is 268 Å². The second-order valence-electron chi connectivity index (χ2n) is 11.9. The highest BCUT2D eigenvalue weighted by molar-refractivity contribution is 6.34. The van der Waals surface area contributed by atoms with Crippen molar-refractivity contribution in [3.05, 3.63) is 81.8 Å². The van der Waals surface area contributed by atoms with Gasteiger partial charge in [0.2, 0.25) is 5.91 Å². The van der Waals surface area contributed by atoms with Crippen molar-refractivity contribution in [2.75, 3.05) is 31.1 Å². The van der Waals surface area contributed by atoms with E-state index in [0.717, 1.165) is 6.07 Å². The maximum Gasteiger partial charge on any atom is 0.355 e. The number of carbonyl (C=O) groups excluding carboxylic acids is 1. The van der Waals surface area contributed by atoms with E-state index in [-0.39, 0.29) is 57.8 Å². The van der Waals surface area contributed by atoms with Gasteiger partial charge in [0.25, 0.3) is 5.92 Å². The molecule has 1 amide bonds. The van der Waals surface area contributed by atoms with Gasteiger partial charge in [-0.1, -0.05) is 38.1 Å². The van der Waals surface area contributed by atoms with E-state index < -0.39 is 30.5 Å². The molecule has 0 radical (unpaired) electrons. The van der Waals surface area contributed by atoms with Crippen LogP contribution in [0.1, 0.15) is 44.4 Å². The lowest BCUT2D eigenvalue weighted by Crippen LogP contribution is -2.54. The van der Waals surface area contributed by atoms with Crippen molar-refractivity contribution in [2.45, 2.75) is 51.5 Å². The zero-order valence-electron chi connectivity index (χ0n) is 25.6. The predicted octanol–water partition coefficient (Wildman–Crippen LogP) is 5.94. The maximum atomic E-state index is 15.5. The lowest BCUT2D eigenvalue weighted by Gasteiger charge is -2.40. The molecule has 1 fully saturated rings. The van der Waals surface area contributed by atoms with Crippen LogP contribution in [-0.4, -0.2) is 68.5 Å². The molecule has 1 saturated heterocycles. The second-order valence-corrected chi connectivity index (χ2v) is 12.3. The lowest BCUT2D eigenvalue weighted by atomic mass is 9.99. The average molecular weight is 653 g/mol. The Morgan fingerprint density at radius 1 is 1.22 bits per heavy atom. The zero-order valence-corrected chi connectivity index (χ0v) is 26.3. The number of pyridine rings is 2. The number of alkyl halides is 2. The normalized spacial score (nSPS) is 17.9. The van der Waals surface area contributed by atoms with E-state index in [2.05, 4.69) is 16.5 Å². The molecule has 46 heavy (non-hydrogen) atoms. The molecule has 2 bridgehead atoms. The van der Waals surface area contributed by atoms with Gasteiger partial charge in [0, 0.05) is 38.3 Å². The number of aromatic nitrogens is 4. The highest BCUT2D eigenvalue weighted by Crippen LogP contribution is 2.41. The molecule has 2 aliphatic rings. The van der Waals surface area contributed by atoms with Crippen LogP contribution in [0, 0.1) is 5.82 Å². The smallest absolute Gasteiger partial charge is 0.355 e. The van der Waals surface area contributed by atoms with Gasteiger partial charge in [0.15, 0.2) is 12.3 Å². The van der Waals surface area contributed by atoms with Crippen molar-refractivity contribution < 1.29 is 22.7 Å². The quantitative estimate of drug-likeness (QED) is 0.253. The number of hydrogen-bond donors (Lipinski definition) is 0. The van der Waals surface area contributed by atoms with Crippen molar-refractivity contribution >= 4 is 34.4 Å². The van der Waals surface area contributed by atoms with Crippen LogP contribution in [-0.2, 0) is 11.2 Å². The molecule has 1 aromatic carbocycles. The van der Waals surface area contributed by atoms with Crippen molar-refractivity contribution in [2.24, 2.45) is 0 Å². The Morgan fingerprint density at radius 3 is 2.72 bits per heavy atom. The third-order valence-corrected chi connectivity index (χ3v) is 8.69. The number of amides is 1.